The topological polar surface area (TPSA) is 86.8 Å². The summed E-state index contributed by atoms with van der Waals surface area (Å²) in [4.78, 5) is 29.8. The Balaban J connectivity index is 1.85. The molecule has 12 heteroatoms. The lowest BCUT2D eigenvalue weighted by Gasteiger charge is -2.34. The maximum absolute atomic E-state index is 14.6. The van der Waals surface area contributed by atoms with Crippen molar-refractivity contribution < 1.29 is 18.0 Å². The van der Waals surface area contributed by atoms with Gasteiger partial charge < -0.3 is 10.2 Å². The van der Waals surface area contributed by atoms with Crippen LogP contribution in [0, 0.1) is 0 Å². The predicted molar refractivity (Wildman–Crippen MR) is 186 cm³/mol. The van der Waals surface area contributed by atoms with E-state index in [4.69, 9.17) is 46.4 Å². The van der Waals surface area contributed by atoms with E-state index in [0.29, 0.717) is 17.0 Å². The number of hydrogen-bond donors (Lipinski definition) is 1. The van der Waals surface area contributed by atoms with Gasteiger partial charge in [-0.15, -0.1) is 0 Å². The Bertz CT molecular complexity index is 1780. The van der Waals surface area contributed by atoms with Crippen LogP contribution in [0.4, 0.5) is 5.69 Å². The number of carbonyl (C=O) groups excluding carboxylic acids is 2. The van der Waals surface area contributed by atoms with E-state index in [0.717, 1.165) is 9.87 Å². The van der Waals surface area contributed by atoms with Crippen molar-refractivity contribution in [2.24, 2.45) is 0 Å². The minimum absolute atomic E-state index is 0.0134. The zero-order chi connectivity index (χ0) is 33.4. The predicted octanol–water partition coefficient (Wildman–Crippen LogP) is 8.05. The summed E-state index contributed by atoms with van der Waals surface area (Å²) < 4.78 is 29.2. The molecule has 2 amide bonds. The van der Waals surface area contributed by atoms with Crippen LogP contribution in [0.15, 0.2) is 102 Å². The quantitative estimate of drug-likeness (QED) is 0.152. The molecule has 4 aromatic carbocycles. The molecule has 0 radical (unpaired) electrons. The van der Waals surface area contributed by atoms with E-state index in [-0.39, 0.29) is 44.7 Å². The van der Waals surface area contributed by atoms with Crippen LogP contribution in [0.25, 0.3) is 0 Å². The summed E-state index contributed by atoms with van der Waals surface area (Å²) in [5, 5.41) is 3.75. The van der Waals surface area contributed by atoms with Crippen molar-refractivity contribution in [1.29, 1.82) is 0 Å². The molecule has 7 nitrogen and oxygen atoms in total. The first-order valence-electron chi connectivity index (χ1n) is 14.5. The second-order valence-electron chi connectivity index (χ2n) is 10.7. The summed E-state index contributed by atoms with van der Waals surface area (Å²) in [5.74, 6) is -1.06. The van der Waals surface area contributed by atoms with Crippen LogP contribution in [-0.2, 0) is 32.6 Å². The number of rotatable bonds is 13. The molecule has 0 unspecified atom stereocenters. The van der Waals surface area contributed by atoms with Crippen molar-refractivity contribution in [3.05, 3.63) is 128 Å². The lowest BCUT2D eigenvalue weighted by molar-refractivity contribution is -0.140. The van der Waals surface area contributed by atoms with E-state index in [1.54, 1.807) is 42.5 Å². The molecular formula is C34H33Cl4N3O4S. The van der Waals surface area contributed by atoms with Crippen molar-refractivity contribution >= 4 is 73.9 Å². The fraction of sp³-hybridized carbons (Fsp3) is 0.235. The highest BCUT2D eigenvalue weighted by molar-refractivity contribution is 7.92. The van der Waals surface area contributed by atoms with Crippen molar-refractivity contribution in [2.45, 2.75) is 50.2 Å². The van der Waals surface area contributed by atoms with E-state index < -0.39 is 34.4 Å². The molecule has 0 spiro atoms. The van der Waals surface area contributed by atoms with E-state index in [9.17, 15) is 18.0 Å². The Morgan fingerprint density at radius 2 is 1.48 bits per heavy atom. The summed E-state index contributed by atoms with van der Waals surface area (Å²) in [7, 11) is -4.34. The minimum atomic E-state index is -4.34. The maximum Gasteiger partial charge on any atom is 0.264 e. The average Bonchev–Trinajstić information content (AvgIpc) is 3.04. The number of carbonyl (C=O) groups is 2. The van der Waals surface area contributed by atoms with Gasteiger partial charge in [0.1, 0.15) is 12.6 Å². The van der Waals surface area contributed by atoms with Gasteiger partial charge in [-0.1, -0.05) is 114 Å². The summed E-state index contributed by atoms with van der Waals surface area (Å²) >= 11 is 25.6. The Labute approximate surface area is 290 Å². The van der Waals surface area contributed by atoms with E-state index in [1.165, 1.54) is 29.2 Å². The van der Waals surface area contributed by atoms with Gasteiger partial charge in [0.2, 0.25) is 11.8 Å². The molecule has 0 heterocycles. The molecule has 0 aliphatic rings. The molecule has 2 atom stereocenters. The smallest absolute Gasteiger partial charge is 0.264 e. The Hall–Kier alpha value is -3.27. The lowest BCUT2D eigenvalue weighted by Crippen LogP contribution is -2.54. The molecule has 4 rings (SSSR count). The maximum atomic E-state index is 14.6. The van der Waals surface area contributed by atoms with Crippen LogP contribution in [0.5, 0.6) is 0 Å². The molecule has 0 bridgehead atoms. The molecule has 0 aliphatic carbocycles. The van der Waals surface area contributed by atoms with Crippen LogP contribution in [0.2, 0.25) is 20.1 Å². The summed E-state index contributed by atoms with van der Waals surface area (Å²) in [5.41, 5.74) is 1.34. The molecule has 0 saturated carbocycles. The largest absolute Gasteiger partial charge is 0.352 e. The highest BCUT2D eigenvalue weighted by Crippen LogP contribution is 2.36. The number of nitrogens with zero attached hydrogens (tertiary/aromatic N) is 2. The molecule has 0 aliphatic heterocycles. The van der Waals surface area contributed by atoms with Gasteiger partial charge in [-0.25, -0.2) is 8.42 Å². The van der Waals surface area contributed by atoms with Gasteiger partial charge in [0.15, 0.2) is 0 Å². The van der Waals surface area contributed by atoms with Gasteiger partial charge >= 0.3 is 0 Å². The number of amides is 2. The molecular weight excluding hydrogens is 688 g/mol. The highest BCUT2D eigenvalue weighted by Gasteiger charge is 2.36. The van der Waals surface area contributed by atoms with Crippen LogP contribution >= 0.6 is 46.4 Å². The zero-order valence-electron chi connectivity index (χ0n) is 25.2. The van der Waals surface area contributed by atoms with Crippen LogP contribution in [0.1, 0.15) is 31.4 Å². The normalized spacial score (nSPS) is 12.7. The second kappa shape index (κ2) is 16.0. The zero-order valence-corrected chi connectivity index (χ0v) is 29.0. The van der Waals surface area contributed by atoms with E-state index in [2.05, 4.69) is 5.32 Å². The van der Waals surface area contributed by atoms with E-state index in [1.807, 2.05) is 44.2 Å². The Morgan fingerprint density at radius 1 is 0.826 bits per heavy atom. The summed E-state index contributed by atoms with van der Waals surface area (Å²) in [6, 6.07) is 25.1. The van der Waals surface area contributed by atoms with Crippen LogP contribution < -0.4 is 9.62 Å². The number of sulfonamides is 1. The summed E-state index contributed by atoms with van der Waals surface area (Å²) in [6.07, 6.45) is 0.820. The molecule has 46 heavy (non-hydrogen) atoms. The van der Waals surface area contributed by atoms with Gasteiger partial charge in [0.05, 0.1) is 20.6 Å². The van der Waals surface area contributed by atoms with Crippen molar-refractivity contribution in [1.82, 2.24) is 10.2 Å². The van der Waals surface area contributed by atoms with Crippen LogP contribution in [-0.4, -0.2) is 43.8 Å². The van der Waals surface area contributed by atoms with Gasteiger partial charge in [-0.2, -0.15) is 0 Å². The van der Waals surface area contributed by atoms with Gasteiger partial charge in [-0.3, -0.25) is 13.9 Å². The summed E-state index contributed by atoms with van der Waals surface area (Å²) in [6.45, 7) is 3.01. The third-order valence-corrected chi connectivity index (χ3v) is 10.6. The molecule has 0 saturated heterocycles. The van der Waals surface area contributed by atoms with Gasteiger partial charge in [0, 0.05) is 29.1 Å². The first kappa shape index (κ1) is 35.6. The van der Waals surface area contributed by atoms with Crippen LogP contribution in [0.3, 0.4) is 0 Å². The number of hydrogen-bond acceptors (Lipinski definition) is 4. The van der Waals surface area contributed by atoms with Crippen molar-refractivity contribution in [3.63, 3.8) is 0 Å². The second-order valence-corrected chi connectivity index (χ2v) is 14.2. The monoisotopic (exact) mass is 719 g/mol. The van der Waals surface area contributed by atoms with Gasteiger partial charge in [-0.05, 0) is 60.9 Å². The average molecular weight is 722 g/mol. The first-order chi connectivity index (χ1) is 21.9. The molecule has 242 valence electrons. The minimum Gasteiger partial charge on any atom is -0.352 e. The standard InChI is InChI=1S/C34H33Cl4N3O4S/c1-3-23(2)39-34(43)31(19-24-11-6-4-7-12-24)40(21-25-17-18-26(35)20-29(25)37)32(42)22-41(30-16-10-15-28(36)33(30)38)46(44,45)27-13-8-5-9-14-27/h4-18,20,23,31H,3,19,21-22H2,1-2H3,(H,39,43)/t23-,31+/m0/s1. The number of anilines is 1. The molecule has 0 aromatic heterocycles. The van der Waals surface area contributed by atoms with Crippen molar-refractivity contribution in [3.8, 4) is 0 Å². The Kier molecular flexibility index (Phi) is 12.4. The van der Waals surface area contributed by atoms with Crippen molar-refractivity contribution in [2.75, 3.05) is 10.8 Å². The third kappa shape index (κ3) is 8.75. The number of nitrogens with one attached hydrogen (secondary N) is 1. The van der Waals surface area contributed by atoms with Gasteiger partial charge in [0.25, 0.3) is 10.0 Å². The number of halogens is 4. The fourth-order valence-electron chi connectivity index (χ4n) is 4.75. The molecule has 0 fully saturated rings. The first-order valence-corrected chi connectivity index (χ1v) is 17.5. The SMILES string of the molecule is CC[C@H](C)NC(=O)[C@@H](Cc1ccccc1)N(Cc1ccc(Cl)cc1Cl)C(=O)CN(c1cccc(Cl)c1Cl)S(=O)(=O)c1ccccc1. The highest BCUT2D eigenvalue weighted by atomic mass is 35.5. The fourth-order valence-corrected chi connectivity index (χ4v) is 7.11. The molecule has 1 N–H and O–H groups in total. The molecule has 4 aromatic rings. The number of benzene rings is 4. The lowest BCUT2D eigenvalue weighted by atomic mass is 10.0. The third-order valence-electron chi connectivity index (χ3n) is 7.44. The van der Waals surface area contributed by atoms with E-state index >= 15 is 0 Å². The Morgan fingerprint density at radius 3 is 2.11 bits per heavy atom.